The summed E-state index contributed by atoms with van der Waals surface area (Å²) in [6.45, 7) is -0.680. The molecule has 0 spiro atoms. The van der Waals surface area contributed by atoms with E-state index in [0.29, 0.717) is 5.56 Å². The summed E-state index contributed by atoms with van der Waals surface area (Å²) in [5.74, 6) is -3.47. The Balaban J connectivity index is 1.78. The first-order chi connectivity index (χ1) is 15.1. The topological polar surface area (TPSA) is 197 Å². The number of carbonyl (C=O) groups is 1. The first-order valence-electron chi connectivity index (χ1n) is 9.40. The second-order valence-corrected chi connectivity index (χ2v) is 7.07. The third-order valence-electron chi connectivity index (χ3n) is 4.90. The molecule has 172 valence electrons. The Hall–Kier alpha value is -3.35. The Kier molecular flexibility index (Phi) is 6.87. The average molecular weight is 450 g/mol. The summed E-state index contributed by atoms with van der Waals surface area (Å²) in [4.78, 5) is 12.4. The molecular weight excluding hydrogens is 428 g/mol. The van der Waals surface area contributed by atoms with E-state index in [9.17, 15) is 45.6 Å². The van der Waals surface area contributed by atoms with Crippen LogP contribution in [0.1, 0.15) is 15.9 Å². The zero-order valence-electron chi connectivity index (χ0n) is 16.4. The van der Waals surface area contributed by atoms with E-state index >= 15 is 0 Å². The van der Waals surface area contributed by atoms with E-state index in [1.807, 2.05) is 0 Å². The number of ether oxygens (including phenoxy) is 2. The molecule has 2 aromatic carbocycles. The summed E-state index contributed by atoms with van der Waals surface area (Å²) < 4.78 is 10.4. The summed E-state index contributed by atoms with van der Waals surface area (Å²) in [5.41, 5.74) is 0.0998. The maximum absolute atomic E-state index is 12.4. The van der Waals surface area contributed by atoms with E-state index in [4.69, 9.17) is 9.47 Å². The molecule has 0 aliphatic carbocycles. The van der Waals surface area contributed by atoms with Crippen molar-refractivity contribution in [3.63, 3.8) is 0 Å². The van der Waals surface area contributed by atoms with Crippen molar-refractivity contribution in [3.8, 4) is 28.7 Å². The molecule has 32 heavy (non-hydrogen) atoms. The number of aliphatic hydroxyl groups is 4. The molecule has 3 rings (SSSR count). The molecule has 1 saturated heterocycles. The first-order valence-corrected chi connectivity index (χ1v) is 9.40. The van der Waals surface area contributed by atoms with E-state index in [0.717, 1.165) is 18.2 Å². The van der Waals surface area contributed by atoms with Gasteiger partial charge >= 0.3 is 0 Å². The van der Waals surface area contributed by atoms with Crippen LogP contribution in [-0.4, -0.2) is 83.9 Å². The van der Waals surface area contributed by atoms with Crippen molar-refractivity contribution < 1.29 is 55.1 Å². The largest absolute Gasteiger partial charge is 0.504 e. The summed E-state index contributed by atoms with van der Waals surface area (Å²) in [6, 6.07) is 6.13. The predicted molar refractivity (Wildman–Crippen MR) is 107 cm³/mol. The number of carbonyl (C=O) groups excluding carboxylic acids is 1. The van der Waals surface area contributed by atoms with Gasteiger partial charge in [-0.1, -0.05) is 12.1 Å². The standard InChI is InChI=1S/C21H22O11/c22-8-15-18(28)19(29)20(30)21(32-15)31-14-6-3-10(16(26)17(14)27)11(23)4-1-9-2-5-12(24)13(25)7-9/h1-7,15,18-22,24-30H,8H2/t15-,18?,19+,20?,21?/m1/s1. The summed E-state index contributed by atoms with van der Waals surface area (Å²) in [5, 5.41) is 78.1. The van der Waals surface area contributed by atoms with Crippen LogP contribution in [0.3, 0.4) is 0 Å². The van der Waals surface area contributed by atoms with Gasteiger partial charge in [0.1, 0.15) is 24.4 Å². The van der Waals surface area contributed by atoms with Crippen LogP contribution >= 0.6 is 0 Å². The van der Waals surface area contributed by atoms with Crippen LogP contribution in [0.25, 0.3) is 6.08 Å². The van der Waals surface area contributed by atoms with Gasteiger partial charge in [0.25, 0.3) is 0 Å². The molecule has 11 heteroatoms. The van der Waals surface area contributed by atoms with Gasteiger partial charge in [-0.15, -0.1) is 0 Å². The molecule has 8 N–H and O–H groups in total. The normalized spacial score (nSPS) is 25.7. The molecule has 3 unspecified atom stereocenters. The molecule has 5 atom stereocenters. The van der Waals surface area contributed by atoms with Crippen molar-refractivity contribution in [2.24, 2.45) is 0 Å². The molecule has 1 aliphatic rings. The van der Waals surface area contributed by atoms with E-state index in [-0.39, 0.29) is 17.1 Å². The van der Waals surface area contributed by atoms with Gasteiger partial charge in [-0.3, -0.25) is 4.79 Å². The number of phenolic OH excluding ortho intramolecular Hbond substituents is 4. The monoisotopic (exact) mass is 450 g/mol. The lowest BCUT2D eigenvalue weighted by molar-refractivity contribution is -0.277. The predicted octanol–water partition coefficient (Wildman–Crippen LogP) is -0.416. The smallest absolute Gasteiger partial charge is 0.229 e. The highest BCUT2D eigenvalue weighted by Crippen LogP contribution is 2.40. The number of phenols is 4. The maximum atomic E-state index is 12.4. The van der Waals surface area contributed by atoms with Crippen LogP contribution < -0.4 is 4.74 Å². The fraction of sp³-hybridized carbons (Fsp3) is 0.286. The van der Waals surface area contributed by atoms with E-state index in [1.54, 1.807) is 0 Å². The van der Waals surface area contributed by atoms with E-state index in [2.05, 4.69) is 0 Å². The SMILES string of the molecule is O=C(C=Cc1ccc(O)c(O)c1)c1ccc(OC2O[C@H](CO)C(O)[C@H](O)C2O)c(O)c1O. The Labute approximate surface area is 181 Å². The van der Waals surface area contributed by atoms with Gasteiger partial charge in [-0.25, -0.2) is 0 Å². The van der Waals surface area contributed by atoms with Gasteiger partial charge in [0.05, 0.1) is 12.2 Å². The lowest BCUT2D eigenvalue weighted by Gasteiger charge is -2.39. The Morgan fingerprint density at radius 2 is 1.66 bits per heavy atom. The van der Waals surface area contributed by atoms with Crippen LogP contribution in [0.4, 0.5) is 0 Å². The molecule has 1 heterocycles. The Morgan fingerprint density at radius 3 is 2.31 bits per heavy atom. The number of hydrogen-bond donors (Lipinski definition) is 8. The fourth-order valence-electron chi connectivity index (χ4n) is 3.05. The lowest BCUT2D eigenvalue weighted by atomic mass is 9.99. The maximum Gasteiger partial charge on any atom is 0.229 e. The zero-order valence-corrected chi connectivity index (χ0v) is 16.4. The third-order valence-corrected chi connectivity index (χ3v) is 4.90. The van der Waals surface area contributed by atoms with Crippen molar-refractivity contribution in [1.29, 1.82) is 0 Å². The van der Waals surface area contributed by atoms with Crippen molar-refractivity contribution in [3.05, 3.63) is 47.5 Å². The molecule has 0 saturated carbocycles. The van der Waals surface area contributed by atoms with Crippen molar-refractivity contribution in [2.45, 2.75) is 30.7 Å². The second kappa shape index (κ2) is 9.42. The molecule has 0 bridgehead atoms. The van der Waals surface area contributed by atoms with Crippen LogP contribution in [0.2, 0.25) is 0 Å². The second-order valence-electron chi connectivity index (χ2n) is 7.07. The highest BCUT2D eigenvalue weighted by molar-refractivity contribution is 6.09. The third kappa shape index (κ3) is 4.61. The summed E-state index contributed by atoms with van der Waals surface area (Å²) >= 11 is 0. The number of rotatable bonds is 6. The molecule has 0 aromatic heterocycles. The van der Waals surface area contributed by atoms with Gasteiger partial charge in [-0.2, -0.15) is 0 Å². The first kappa shape index (κ1) is 23.3. The number of ketones is 1. The molecule has 2 aromatic rings. The molecular formula is C21H22O11. The van der Waals surface area contributed by atoms with Crippen LogP contribution in [0.15, 0.2) is 36.4 Å². The van der Waals surface area contributed by atoms with Crippen LogP contribution in [-0.2, 0) is 4.74 Å². The molecule has 0 radical (unpaired) electrons. The molecule has 0 amide bonds. The van der Waals surface area contributed by atoms with Gasteiger partial charge in [0.15, 0.2) is 28.8 Å². The van der Waals surface area contributed by atoms with Crippen molar-refractivity contribution in [1.82, 2.24) is 0 Å². The quantitative estimate of drug-likeness (QED) is 0.162. The number of allylic oxidation sites excluding steroid dienone is 1. The molecule has 1 aliphatic heterocycles. The minimum absolute atomic E-state index is 0.289. The van der Waals surface area contributed by atoms with Crippen LogP contribution in [0, 0.1) is 0 Å². The van der Waals surface area contributed by atoms with E-state index in [1.165, 1.54) is 24.3 Å². The molecule has 11 nitrogen and oxygen atoms in total. The highest BCUT2D eigenvalue weighted by atomic mass is 16.7. The number of hydrogen-bond acceptors (Lipinski definition) is 11. The number of aromatic hydroxyl groups is 4. The van der Waals surface area contributed by atoms with Gasteiger partial charge < -0.3 is 50.3 Å². The summed E-state index contributed by atoms with van der Waals surface area (Å²) in [6.07, 6.45) is -5.49. The Morgan fingerprint density at radius 1 is 0.938 bits per heavy atom. The highest BCUT2D eigenvalue weighted by Gasteiger charge is 2.45. The van der Waals surface area contributed by atoms with Crippen LogP contribution in [0.5, 0.6) is 28.7 Å². The zero-order chi connectivity index (χ0) is 23.6. The van der Waals surface area contributed by atoms with Gasteiger partial charge in [-0.05, 0) is 35.9 Å². The minimum Gasteiger partial charge on any atom is -0.504 e. The van der Waals surface area contributed by atoms with Crippen molar-refractivity contribution >= 4 is 11.9 Å². The minimum atomic E-state index is -1.74. The summed E-state index contributed by atoms with van der Waals surface area (Å²) in [7, 11) is 0. The lowest BCUT2D eigenvalue weighted by Crippen LogP contribution is -2.60. The number of benzene rings is 2. The molecule has 1 fully saturated rings. The average Bonchev–Trinajstić information content (AvgIpc) is 2.77. The van der Waals surface area contributed by atoms with E-state index < -0.39 is 60.3 Å². The fourth-order valence-corrected chi connectivity index (χ4v) is 3.05. The van der Waals surface area contributed by atoms with Crippen molar-refractivity contribution in [2.75, 3.05) is 6.61 Å². The number of aliphatic hydroxyl groups excluding tert-OH is 4. The Bertz CT molecular complexity index is 1020. The van der Waals surface area contributed by atoms with Gasteiger partial charge in [0.2, 0.25) is 12.0 Å². The van der Waals surface area contributed by atoms with Gasteiger partial charge in [0, 0.05) is 0 Å².